The maximum atomic E-state index is 11.6. The first kappa shape index (κ1) is 26.0. The monoisotopic (exact) mass is 389 g/mol. The Morgan fingerprint density at radius 2 is 1.15 bits per heavy atom. The molecule has 7 heteroatoms. The zero-order chi connectivity index (χ0) is 20.8. The van der Waals surface area contributed by atoms with Crippen LogP contribution in [0.5, 0.6) is 0 Å². The smallest absolute Gasteiger partial charge is 0.225 e. The Kier molecular flexibility index (Phi) is 13.5. The fourth-order valence-electron chi connectivity index (χ4n) is 1.99. The number of hydrogen-bond acceptors (Lipinski definition) is 6. The minimum Gasteiger partial charge on any atom is -0.377 e. The van der Waals surface area contributed by atoms with E-state index in [1.54, 1.807) is 0 Å². The summed E-state index contributed by atoms with van der Waals surface area (Å²) in [4.78, 5) is 23.2. The molecule has 1 N–H and O–H groups in total. The van der Waals surface area contributed by atoms with Gasteiger partial charge in [0.05, 0.1) is 46.2 Å². The summed E-state index contributed by atoms with van der Waals surface area (Å²) in [5.41, 5.74) is -0.380. The highest BCUT2D eigenvalue weighted by Crippen LogP contribution is 2.18. The maximum Gasteiger partial charge on any atom is 0.225 e. The normalized spacial score (nSPS) is 12.2. The van der Waals surface area contributed by atoms with Gasteiger partial charge in [-0.15, -0.1) is 0 Å². The predicted octanol–water partition coefficient (Wildman–Crippen LogP) is 2.22. The van der Waals surface area contributed by atoms with E-state index in [1.807, 2.05) is 41.5 Å². The molecule has 27 heavy (non-hydrogen) atoms. The number of ether oxygens (including phenoxy) is 4. The molecule has 0 fully saturated rings. The summed E-state index contributed by atoms with van der Waals surface area (Å²) >= 11 is 0. The molecule has 0 aliphatic rings. The Morgan fingerprint density at radius 3 is 1.59 bits per heavy atom. The molecule has 0 saturated carbocycles. The molecule has 0 spiro atoms. The molecule has 0 aromatic heterocycles. The summed E-state index contributed by atoms with van der Waals surface area (Å²) in [6.07, 6.45) is 0.521. The fourth-order valence-corrected chi connectivity index (χ4v) is 1.99. The van der Waals surface area contributed by atoms with Crippen LogP contribution in [-0.2, 0) is 28.5 Å². The Hall–Kier alpha value is -1.02. The Bertz CT molecular complexity index is 412. The zero-order valence-corrected chi connectivity index (χ0v) is 18.0. The average Bonchev–Trinajstić information content (AvgIpc) is 2.52. The van der Waals surface area contributed by atoms with Gasteiger partial charge in [-0.25, -0.2) is 0 Å². The molecule has 0 saturated heterocycles. The summed E-state index contributed by atoms with van der Waals surface area (Å²) in [5.74, 6) is 0.130. The molecule has 0 radical (unpaired) electrons. The molecule has 0 aromatic carbocycles. The van der Waals surface area contributed by atoms with E-state index in [2.05, 4.69) is 5.32 Å². The van der Waals surface area contributed by atoms with Gasteiger partial charge in [-0.3, -0.25) is 9.59 Å². The van der Waals surface area contributed by atoms with E-state index in [1.165, 1.54) is 0 Å². The molecule has 0 atom stereocenters. The van der Waals surface area contributed by atoms with Crippen molar-refractivity contribution < 1.29 is 28.5 Å². The van der Waals surface area contributed by atoms with Crippen LogP contribution in [0.4, 0.5) is 0 Å². The number of nitrogens with one attached hydrogen (secondary N) is 1. The van der Waals surface area contributed by atoms with Crippen LogP contribution in [-0.4, -0.2) is 71.1 Å². The van der Waals surface area contributed by atoms with Crippen LogP contribution in [0, 0.1) is 10.8 Å². The van der Waals surface area contributed by atoms with E-state index in [-0.39, 0.29) is 29.1 Å². The quantitative estimate of drug-likeness (QED) is 0.433. The predicted molar refractivity (Wildman–Crippen MR) is 105 cm³/mol. The molecule has 0 bridgehead atoms. The lowest BCUT2D eigenvalue weighted by atomic mass is 9.90. The third kappa shape index (κ3) is 18.1. The van der Waals surface area contributed by atoms with Crippen molar-refractivity contribution in [3.63, 3.8) is 0 Å². The van der Waals surface area contributed by atoms with Gasteiger partial charge in [-0.2, -0.15) is 0 Å². The minimum atomic E-state index is -0.379. The van der Waals surface area contributed by atoms with Gasteiger partial charge in [0.25, 0.3) is 0 Å². The third-order valence-corrected chi connectivity index (χ3v) is 3.32. The molecular weight excluding hydrogens is 350 g/mol. The van der Waals surface area contributed by atoms with Crippen molar-refractivity contribution in [1.29, 1.82) is 0 Å². The number of rotatable bonds is 15. The second kappa shape index (κ2) is 14.0. The topological polar surface area (TPSA) is 83.1 Å². The number of Topliss-reactive ketones (excluding diaryl/α,β-unsaturated/α-hetero) is 1. The lowest BCUT2D eigenvalue weighted by Gasteiger charge is -2.17. The van der Waals surface area contributed by atoms with Crippen molar-refractivity contribution in [3.8, 4) is 0 Å². The summed E-state index contributed by atoms with van der Waals surface area (Å²) in [6.45, 7) is 15.6. The summed E-state index contributed by atoms with van der Waals surface area (Å²) in [6, 6.07) is 0. The van der Waals surface area contributed by atoms with E-state index in [4.69, 9.17) is 18.9 Å². The van der Waals surface area contributed by atoms with E-state index in [9.17, 15) is 9.59 Å². The molecular formula is C20H39NO6. The van der Waals surface area contributed by atoms with Gasteiger partial charge in [0.15, 0.2) is 5.78 Å². The van der Waals surface area contributed by atoms with Crippen molar-refractivity contribution >= 4 is 11.7 Å². The first-order chi connectivity index (χ1) is 12.5. The van der Waals surface area contributed by atoms with Crippen LogP contribution in [0.1, 0.15) is 48.0 Å². The van der Waals surface area contributed by atoms with Crippen LogP contribution in [0.15, 0.2) is 0 Å². The second-order valence-electron chi connectivity index (χ2n) is 8.67. The van der Waals surface area contributed by atoms with E-state index in [0.717, 1.165) is 0 Å². The first-order valence-corrected chi connectivity index (χ1v) is 9.63. The summed E-state index contributed by atoms with van der Waals surface area (Å²) in [7, 11) is 0. The highest BCUT2D eigenvalue weighted by Gasteiger charge is 2.20. The molecule has 0 rings (SSSR count). The highest BCUT2D eigenvalue weighted by molar-refractivity contribution is 5.81. The molecule has 0 aliphatic heterocycles. The third-order valence-electron chi connectivity index (χ3n) is 3.32. The second-order valence-corrected chi connectivity index (χ2v) is 8.67. The molecule has 0 unspecified atom stereocenters. The van der Waals surface area contributed by atoms with Gasteiger partial charge in [-0.05, 0) is 5.41 Å². The SMILES string of the molecule is CC(C)(C)CC(=O)COCCOCCOCCOCCNC(=O)C(C)(C)C. The number of amides is 1. The Labute approximate surface area is 164 Å². The Balaban J connectivity index is 3.28. The van der Waals surface area contributed by atoms with Crippen LogP contribution in [0.2, 0.25) is 0 Å². The van der Waals surface area contributed by atoms with Gasteiger partial charge in [-0.1, -0.05) is 41.5 Å². The first-order valence-electron chi connectivity index (χ1n) is 9.63. The minimum absolute atomic E-state index is 0.00163. The number of hydrogen-bond donors (Lipinski definition) is 1. The molecule has 160 valence electrons. The molecule has 0 heterocycles. The van der Waals surface area contributed by atoms with E-state index in [0.29, 0.717) is 59.2 Å². The molecule has 1 amide bonds. The van der Waals surface area contributed by atoms with Crippen molar-refractivity contribution in [2.24, 2.45) is 10.8 Å². The van der Waals surface area contributed by atoms with Gasteiger partial charge in [0.1, 0.15) is 6.61 Å². The van der Waals surface area contributed by atoms with Crippen molar-refractivity contribution in [2.45, 2.75) is 48.0 Å². The standard InChI is InChI=1S/C20H39NO6/c1-19(2,3)15-17(22)16-27-14-13-26-12-11-25-10-9-24-8-7-21-18(23)20(4,5)6/h7-16H2,1-6H3,(H,21,23). The fraction of sp³-hybridized carbons (Fsp3) is 0.900. The zero-order valence-electron chi connectivity index (χ0n) is 18.0. The lowest BCUT2D eigenvalue weighted by molar-refractivity contribution is -0.128. The molecule has 0 aromatic rings. The molecule has 7 nitrogen and oxygen atoms in total. The summed E-state index contributed by atoms with van der Waals surface area (Å²) in [5, 5.41) is 2.82. The van der Waals surface area contributed by atoms with Gasteiger partial charge >= 0.3 is 0 Å². The lowest BCUT2D eigenvalue weighted by Crippen LogP contribution is -2.36. The molecule has 0 aliphatic carbocycles. The van der Waals surface area contributed by atoms with Crippen molar-refractivity contribution in [3.05, 3.63) is 0 Å². The van der Waals surface area contributed by atoms with Gasteiger partial charge in [0.2, 0.25) is 5.91 Å². The average molecular weight is 390 g/mol. The largest absolute Gasteiger partial charge is 0.377 e. The highest BCUT2D eigenvalue weighted by atomic mass is 16.6. The van der Waals surface area contributed by atoms with E-state index < -0.39 is 0 Å². The van der Waals surface area contributed by atoms with Crippen molar-refractivity contribution in [1.82, 2.24) is 5.32 Å². The number of carbonyl (C=O) groups is 2. The van der Waals surface area contributed by atoms with Crippen molar-refractivity contribution in [2.75, 3.05) is 59.4 Å². The maximum absolute atomic E-state index is 11.6. The Morgan fingerprint density at radius 1 is 0.704 bits per heavy atom. The van der Waals surface area contributed by atoms with E-state index >= 15 is 0 Å². The van der Waals surface area contributed by atoms with Gasteiger partial charge < -0.3 is 24.3 Å². The van der Waals surface area contributed by atoms with Crippen LogP contribution < -0.4 is 5.32 Å². The summed E-state index contributed by atoms with van der Waals surface area (Å²) < 4.78 is 21.4. The van der Waals surface area contributed by atoms with Crippen LogP contribution in [0.3, 0.4) is 0 Å². The van der Waals surface area contributed by atoms with Crippen LogP contribution in [0.25, 0.3) is 0 Å². The van der Waals surface area contributed by atoms with Crippen LogP contribution >= 0.6 is 0 Å². The van der Waals surface area contributed by atoms with Gasteiger partial charge in [0, 0.05) is 18.4 Å². The number of ketones is 1. The number of carbonyl (C=O) groups excluding carboxylic acids is 2.